The van der Waals surface area contributed by atoms with Gasteiger partial charge < -0.3 is 9.64 Å². The fourth-order valence-corrected chi connectivity index (χ4v) is 4.38. The highest BCUT2D eigenvalue weighted by molar-refractivity contribution is 5.95. The first-order chi connectivity index (χ1) is 13.6. The second kappa shape index (κ2) is 7.58. The molecule has 7 nitrogen and oxygen atoms in total. The molecule has 0 radical (unpaired) electrons. The van der Waals surface area contributed by atoms with Crippen LogP contribution in [0.15, 0.2) is 49.1 Å². The maximum atomic E-state index is 13.1. The van der Waals surface area contributed by atoms with Gasteiger partial charge in [0.15, 0.2) is 0 Å². The van der Waals surface area contributed by atoms with E-state index in [0.717, 1.165) is 5.69 Å². The molecule has 4 atom stereocenters. The lowest BCUT2D eigenvalue weighted by atomic mass is 9.72. The highest BCUT2D eigenvalue weighted by Crippen LogP contribution is 2.40. The molecule has 0 saturated carbocycles. The fraction of sp³-hybridized carbons (Fsp3) is 0.429. The molecule has 2 aromatic rings. The average molecular weight is 380 g/mol. The second-order valence-electron chi connectivity index (χ2n) is 7.48. The highest BCUT2D eigenvalue weighted by atomic mass is 16.5. The van der Waals surface area contributed by atoms with E-state index in [2.05, 4.69) is 22.3 Å². The number of carbonyl (C=O) groups is 2. The third-order valence-corrected chi connectivity index (χ3v) is 5.76. The van der Waals surface area contributed by atoms with Crippen LogP contribution in [0.1, 0.15) is 24.2 Å². The molecule has 28 heavy (non-hydrogen) atoms. The number of carbonyl (C=O) groups excluding carboxylic acids is 2. The normalized spacial score (nSPS) is 26.1. The minimum atomic E-state index is -0.198. The monoisotopic (exact) mass is 380 g/mol. The van der Waals surface area contributed by atoms with Crippen molar-refractivity contribution in [3.05, 3.63) is 54.6 Å². The zero-order valence-electron chi connectivity index (χ0n) is 16.1. The number of nitrogens with zero attached hydrogens (tertiary/aromatic N) is 4. The van der Waals surface area contributed by atoms with E-state index in [1.807, 2.05) is 43.0 Å². The molecule has 7 heteroatoms. The van der Waals surface area contributed by atoms with Gasteiger partial charge in [-0.3, -0.25) is 14.2 Å². The van der Waals surface area contributed by atoms with Crippen LogP contribution in [-0.4, -0.2) is 51.2 Å². The second-order valence-corrected chi connectivity index (χ2v) is 7.48. The van der Waals surface area contributed by atoms with Crippen molar-refractivity contribution in [2.45, 2.75) is 13.8 Å². The number of likely N-dealkylation sites (tertiary alicyclic amines) is 1. The van der Waals surface area contributed by atoms with E-state index < -0.39 is 0 Å². The number of allylic oxidation sites excluding steroid dienone is 1. The number of ether oxygens (including phenoxy) is 1. The molecule has 146 valence electrons. The Morgan fingerprint density at radius 1 is 1.18 bits per heavy atom. The first kappa shape index (κ1) is 18.4. The van der Waals surface area contributed by atoms with Gasteiger partial charge in [0.05, 0.1) is 12.5 Å². The molecule has 1 amide bonds. The summed E-state index contributed by atoms with van der Waals surface area (Å²) in [4.78, 5) is 27.5. The van der Waals surface area contributed by atoms with Gasteiger partial charge in [-0.2, -0.15) is 0 Å². The van der Waals surface area contributed by atoms with Gasteiger partial charge in [0, 0.05) is 24.3 Å². The van der Waals surface area contributed by atoms with Crippen molar-refractivity contribution in [2.75, 3.05) is 19.7 Å². The molecular weight excluding hydrogens is 356 g/mol. The van der Waals surface area contributed by atoms with Crippen molar-refractivity contribution < 1.29 is 14.3 Å². The van der Waals surface area contributed by atoms with E-state index >= 15 is 0 Å². The summed E-state index contributed by atoms with van der Waals surface area (Å²) in [7, 11) is 0. The summed E-state index contributed by atoms with van der Waals surface area (Å²) in [5.74, 6) is 0.0365. The topological polar surface area (TPSA) is 77.3 Å². The highest BCUT2D eigenvalue weighted by Gasteiger charge is 2.46. The largest absolute Gasteiger partial charge is 0.466 e. The van der Waals surface area contributed by atoms with Crippen molar-refractivity contribution in [1.29, 1.82) is 0 Å². The van der Waals surface area contributed by atoms with E-state index in [1.54, 1.807) is 17.2 Å². The van der Waals surface area contributed by atoms with Gasteiger partial charge in [0.25, 0.3) is 5.91 Å². The molecule has 1 saturated heterocycles. The Balaban J connectivity index is 1.54. The smallest absolute Gasteiger partial charge is 0.309 e. The van der Waals surface area contributed by atoms with Crippen LogP contribution in [-0.2, 0) is 9.53 Å². The Labute approximate surface area is 164 Å². The van der Waals surface area contributed by atoms with Gasteiger partial charge in [-0.1, -0.05) is 25.1 Å². The third-order valence-electron chi connectivity index (χ3n) is 5.76. The van der Waals surface area contributed by atoms with Crippen LogP contribution in [0.25, 0.3) is 5.69 Å². The summed E-state index contributed by atoms with van der Waals surface area (Å²) in [5.41, 5.74) is 1.46. The molecule has 0 unspecified atom stereocenters. The predicted molar refractivity (Wildman–Crippen MR) is 103 cm³/mol. The standard InChI is InChI=1S/C21H24N4O3/c1-3-28-21(27)19-14(2)7-8-16-10-24(11-18(16)19)20(26)15-5-4-6-17(9-15)25-12-22-23-13-25/h4-9,12-14,16,18-19H,3,10-11H2,1-2H3/t14-,16-,18-,19-/m0/s1. The Morgan fingerprint density at radius 2 is 1.96 bits per heavy atom. The number of esters is 1. The van der Waals surface area contributed by atoms with Crippen molar-refractivity contribution in [1.82, 2.24) is 19.7 Å². The first-order valence-corrected chi connectivity index (χ1v) is 9.67. The zero-order valence-corrected chi connectivity index (χ0v) is 16.1. The van der Waals surface area contributed by atoms with E-state index in [0.29, 0.717) is 25.3 Å². The molecule has 1 aromatic carbocycles. The molecule has 1 fully saturated rings. The lowest BCUT2D eigenvalue weighted by Gasteiger charge is -2.31. The lowest BCUT2D eigenvalue weighted by Crippen LogP contribution is -2.37. The molecule has 1 aromatic heterocycles. The number of hydrogen-bond donors (Lipinski definition) is 0. The maximum absolute atomic E-state index is 13.1. The summed E-state index contributed by atoms with van der Waals surface area (Å²) in [5, 5.41) is 7.63. The zero-order chi connectivity index (χ0) is 19.7. The molecule has 2 aliphatic rings. The summed E-state index contributed by atoms with van der Waals surface area (Å²) in [6, 6.07) is 7.43. The van der Waals surface area contributed by atoms with Crippen molar-refractivity contribution >= 4 is 11.9 Å². The number of fused-ring (bicyclic) bond motifs is 1. The number of benzene rings is 1. The van der Waals surface area contributed by atoms with Crippen LogP contribution in [0.5, 0.6) is 0 Å². The molecule has 2 heterocycles. The number of rotatable bonds is 4. The van der Waals surface area contributed by atoms with Gasteiger partial charge in [-0.05, 0) is 42.9 Å². The van der Waals surface area contributed by atoms with E-state index in [9.17, 15) is 9.59 Å². The quantitative estimate of drug-likeness (QED) is 0.601. The SMILES string of the molecule is CCOC(=O)[C@@H]1[C@H]2CN(C(=O)c3cccc(-n4cnnc4)c3)C[C@@H]2C=C[C@@H]1C. The van der Waals surface area contributed by atoms with Crippen LogP contribution in [0, 0.1) is 23.7 Å². The molecule has 0 bridgehead atoms. The molecule has 0 spiro atoms. The maximum Gasteiger partial charge on any atom is 0.309 e. The van der Waals surface area contributed by atoms with Crippen LogP contribution in [0.4, 0.5) is 0 Å². The Bertz CT molecular complexity index is 893. The van der Waals surface area contributed by atoms with Gasteiger partial charge >= 0.3 is 5.97 Å². The van der Waals surface area contributed by atoms with Gasteiger partial charge in [0.1, 0.15) is 12.7 Å². The summed E-state index contributed by atoms with van der Waals surface area (Å²) < 4.78 is 7.07. The third kappa shape index (κ3) is 3.32. The minimum absolute atomic E-state index is 0.0204. The molecule has 4 rings (SSSR count). The molecule has 1 aliphatic heterocycles. The Morgan fingerprint density at radius 3 is 2.71 bits per heavy atom. The molecule has 1 aliphatic carbocycles. The van der Waals surface area contributed by atoms with E-state index in [-0.39, 0.29) is 35.5 Å². The van der Waals surface area contributed by atoms with E-state index in [1.165, 1.54) is 0 Å². The average Bonchev–Trinajstić information content (AvgIpc) is 3.37. The lowest BCUT2D eigenvalue weighted by molar-refractivity contribution is -0.152. The van der Waals surface area contributed by atoms with Crippen LogP contribution >= 0.6 is 0 Å². The van der Waals surface area contributed by atoms with Gasteiger partial charge in [0.2, 0.25) is 0 Å². The van der Waals surface area contributed by atoms with Crippen molar-refractivity contribution in [3.63, 3.8) is 0 Å². The predicted octanol–water partition coefficient (Wildman–Crippen LogP) is 2.34. The van der Waals surface area contributed by atoms with Gasteiger partial charge in [-0.15, -0.1) is 10.2 Å². The van der Waals surface area contributed by atoms with E-state index in [4.69, 9.17) is 4.74 Å². The molecular formula is C21H24N4O3. The Hall–Kier alpha value is -2.96. The number of aromatic nitrogens is 3. The van der Waals surface area contributed by atoms with Crippen molar-refractivity contribution in [2.24, 2.45) is 23.7 Å². The van der Waals surface area contributed by atoms with Crippen molar-refractivity contribution in [3.8, 4) is 5.69 Å². The summed E-state index contributed by atoms with van der Waals surface area (Å²) >= 11 is 0. The van der Waals surface area contributed by atoms with Crippen LogP contribution in [0.3, 0.4) is 0 Å². The van der Waals surface area contributed by atoms with Crippen LogP contribution < -0.4 is 0 Å². The minimum Gasteiger partial charge on any atom is -0.466 e. The number of hydrogen-bond acceptors (Lipinski definition) is 5. The fourth-order valence-electron chi connectivity index (χ4n) is 4.38. The summed E-state index contributed by atoms with van der Waals surface area (Å²) in [6.07, 6.45) is 7.45. The van der Waals surface area contributed by atoms with Crippen LogP contribution in [0.2, 0.25) is 0 Å². The summed E-state index contributed by atoms with van der Waals surface area (Å²) in [6.45, 7) is 5.44. The number of amides is 1. The Kier molecular flexibility index (Phi) is 4.98. The molecule has 0 N–H and O–H groups in total. The first-order valence-electron chi connectivity index (χ1n) is 9.67. The van der Waals surface area contributed by atoms with Gasteiger partial charge in [-0.25, -0.2) is 0 Å².